The number of hydrogen-bond acceptors (Lipinski definition) is 3. The smallest absolute Gasteiger partial charge is 0.339 e. The fourth-order valence-electron chi connectivity index (χ4n) is 2.21. The monoisotopic (exact) mass is 270 g/mol. The highest BCUT2D eigenvalue weighted by molar-refractivity contribution is 6.32. The van der Waals surface area contributed by atoms with Gasteiger partial charge in [0.05, 0.1) is 10.6 Å². The lowest BCUT2D eigenvalue weighted by Crippen LogP contribution is -2.32. The van der Waals surface area contributed by atoms with E-state index >= 15 is 0 Å². The van der Waals surface area contributed by atoms with Gasteiger partial charge < -0.3 is 14.9 Å². The van der Waals surface area contributed by atoms with Crippen LogP contribution < -0.4 is 4.74 Å². The van der Waals surface area contributed by atoms with Crippen molar-refractivity contribution in [3.05, 3.63) is 28.8 Å². The lowest BCUT2D eigenvalue weighted by Gasteiger charge is -2.23. The molecule has 1 aromatic carbocycles. The van der Waals surface area contributed by atoms with Gasteiger partial charge in [0.1, 0.15) is 12.2 Å². The van der Waals surface area contributed by atoms with Gasteiger partial charge in [-0.25, -0.2) is 4.79 Å². The maximum Gasteiger partial charge on any atom is 0.339 e. The minimum absolute atomic E-state index is 0.0177. The number of aromatic carboxylic acids is 1. The maximum atomic E-state index is 11.0. The molecule has 2 N–H and O–H groups in total. The Labute approximate surface area is 110 Å². The van der Waals surface area contributed by atoms with E-state index in [9.17, 15) is 9.90 Å². The van der Waals surface area contributed by atoms with Crippen LogP contribution in [0.5, 0.6) is 5.75 Å². The van der Waals surface area contributed by atoms with Crippen LogP contribution in [0, 0.1) is 0 Å². The predicted octanol–water partition coefficient (Wildman–Crippen LogP) is 2.72. The molecule has 0 heterocycles. The molecule has 0 radical (unpaired) electrons. The molecule has 4 nitrogen and oxygen atoms in total. The molecule has 18 heavy (non-hydrogen) atoms. The summed E-state index contributed by atoms with van der Waals surface area (Å²) < 4.78 is 5.45. The molecular formula is C13H15ClO4. The first-order valence-electron chi connectivity index (χ1n) is 5.89. The number of rotatable bonds is 4. The fraction of sp³-hybridized carbons (Fsp3) is 0.462. The van der Waals surface area contributed by atoms with E-state index in [0.717, 1.165) is 12.8 Å². The van der Waals surface area contributed by atoms with E-state index in [2.05, 4.69) is 0 Å². The van der Waals surface area contributed by atoms with E-state index in [4.69, 9.17) is 21.4 Å². The molecule has 0 atom stereocenters. The Morgan fingerprint density at radius 3 is 2.67 bits per heavy atom. The van der Waals surface area contributed by atoms with Gasteiger partial charge >= 0.3 is 5.97 Å². The van der Waals surface area contributed by atoms with Crippen molar-refractivity contribution in [1.29, 1.82) is 0 Å². The van der Waals surface area contributed by atoms with Crippen LogP contribution in [0.25, 0.3) is 0 Å². The quantitative estimate of drug-likeness (QED) is 0.883. The van der Waals surface area contributed by atoms with Crippen molar-refractivity contribution < 1.29 is 19.7 Å². The molecule has 1 aromatic rings. The number of para-hydroxylation sites is 1. The molecule has 0 bridgehead atoms. The molecule has 0 unspecified atom stereocenters. The van der Waals surface area contributed by atoms with Crippen molar-refractivity contribution in [3.63, 3.8) is 0 Å². The van der Waals surface area contributed by atoms with E-state index in [1.54, 1.807) is 12.1 Å². The number of halogens is 1. The number of hydrogen-bond donors (Lipinski definition) is 2. The standard InChI is InChI=1S/C13H15ClO4/c14-10-5-3-4-9(12(15)16)11(10)18-8-13(17)6-1-2-7-13/h3-5,17H,1-2,6-8H2,(H,15,16). The molecule has 5 heteroatoms. The summed E-state index contributed by atoms with van der Waals surface area (Å²) in [5.41, 5.74) is -0.835. The molecule has 1 saturated carbocycles. The molecule has 1 aliphatic carbocycles. The summed E-state index contributed by atoms with van der Waals surface area (Å²) in [6.07, 6.45) is 3.29. The average molecular weight is 271 g/mol. The first kappa shape index (κ1) is 13.2. The van der Waals surface area contributed by atoms with E-state index in [1.807, 2.05) is 0 Å². The van der Waals surface area contributed by atoms with Crippen LogP contribution in [0.4, 0.5) is 0 Å². The van der Waals surface area contributed by atoms with Gasteiger partial charge in [-0.15, -0.1) is 0 Å². The van der Waals surface area contributed by atoms with E-state index in [-0.39, 0.29) is 22.9 Å². The van der Waals surface area contributed by atoms with E-state index in [0.29, 0.717) is 12.8 Å². The molecule has 0 saturated heterocycles. The van der Waals surface area contributed by atoms with Gasteiger partial charge in [0.2, 0.25) is 0 Å². The highest BCUT2D eigenvalue weighted by Gasteiger charge is 2.32. The maximum absolute atomic E-state index is 11.0. The average Bonchev–Trinajstić information content (AvgIpc) is 2.74. The third-order valence-corrected chi connectivity index (χ3v) is 3.51. The molecule has 1 fully saturated rings. The van der Waals surface area contributed by atoms with Crippen LogP contribution in [-0.2, 0) is 0 Å². The van der Waals surface area contributed by atoms with Crippen molar-refractivity contribution in [2.75, 3.05) is 6.61 Å². The Kier molecular flexibility index (Phi) is 3.78. The Morgan fingerprint density at radius 1 is 1.39 bits per heavy atom. The van der Waals surface area contributed by atoms with Crippen LogP contribution in [-0.4, -0.2) is 28.4 Å². The number of carboxylic acid groups (broad SMARTS) is 1. The molecule has 0 spiro atoms. The highest BCUT2D eigenvalue weighted by atomic mass is 35.5. The highest BCUT2D eigenvalue weighted by Crippen LogP contribution is 2.33. The van der Waals surface area contributed by atoms with Crippen molar-refractivity contribution in [2.24, 2.45) is 0 Å². The normalized spacial score (nSPS) is 17.7. The van der Waals surface area contributed by atoms with Crippen molar-refractivity contribution in [2.45, 2.75) is 31.3 Å². The minimum Gasteiger partial charge on any atom is -0.488 e. The zero-order valence-corrected chi connectivity index (χ0v) is 10.6. The Balaban J connectivity index is 2.15. The van der Waals surface area contributed by atoms with Crippen LogP contribution in [0.3, 0.4) is 0 Å². The number of aliphatic hydroxyl groups is 1. The van der Waals surface area contributed by atoms with Crippen LogP contribution in [0.1, 0.15) is 36.0 Å². The molecule has 0 aromatic heterocycles. The number of benzene rings is 1. The molecule has 1 aliphatic rings. The topological polar surface area (TPSA) is 66.8 Å². The number of ether oxygens (including phenoxy) is 1. The van der Waals surface area contributed by atoms with Gasteiger partial charge in [0.25, 0.3) is 0 Å². The third-order valence-electron chi connectivity index (χ3n) is 3.22. The molecule has 2 rings (SSSR count). The van der Waals surface area contributed by atoms with Gasteiger partial charge in [-0.2, -0.15) is 0 Å². The minimum atomic E-state index is -1.09. The Hall–Kier alpha value is -1.26. The molecular weight excluding hydrogens is 256 g/mol. The first-order valence-corrected chi connectivity index (χ1v) is 6.27. The van der Waals surface area contributed by atoms with Crippen molar-refractivity contribution in [3.8, 4) is 5.75 Å². The van der Waals surface area contributed by atoms with Gasteiger partial charge in [0.15, 0.2) is 5.75 Å². The van der Waals surface area contributed by atoms with E-state index in [1.165, 1.54) is 6.07 Å². The Morgan fingerprint density at radius 2 is 2.06 bits per heavy atom. The van der Waals surface area contributed by atoms with Gasteiger partial charge in [-0.1, -0.05) is 30.5 Å². The SMILES string of the molecule is O=C(O)c1cccc(Cl)c1OCC1(O)CCCC1. The van der Waals surface area contributed by atoms with Crippen molar-refractivity contribution in [1.82, 2.24) is 0 Å². The van der Waals surface area contributed by atoms with Gasteiger partial charge in [0, 0.05) is 0 Å². The summed E-state index contributed by atoms with van der Waals surface area (Å²) in [6, 6.07) is 4.56. The summed E-state index contributed by atoms with van der Waals surface area (Å²) in [5, 5.41) is 19.4. The zero-order valence-electron chi connectivity index (χ0n) is 9.86. The zero-order chi connectivity index (χ0) is 13.2. The second-order valence-electron chi connectivity index (χ2n) is 4.64. The Bertz CT molecular complexity index is 452. The van der Waals surface area contributed by atoms with E-state index < -0.39 is 11.6 Å². The molecule has 98 valence electrons. The van der Waals surface area contributed by atoms with Gasteiger partial charge in [-0.3, -0.25) is 0 Å². The fourth-order valence-corrected chi connectivity index (χ4v) is 2.44. The molecule has 0 aliphatic heterocycles. The van der Waals surface area contributed by atoms with Crippen LogP contribution >= 0.6 is 11.6 Å². The third kappa shape index (κ3) is 2.76. The lowest BCUT2D eigenvalue weighted by molar-refractivity contribution is 0.000941. The largest absolute Gasteiger partial charge is 0.488 e. The molecule has 0 amide bonds. The number of carbonyl (C=O) groups is 1. The predicted molar refractivity (Wildman–Crippen MR) is 67.3 cm³/mol. The van der Waals surface area contributed by atoms with Crippen molar-refractivity contribution >= 4 is 17.6 Å². The first-order chi connectivity index (χ1) is 8.52. The van der Waals surface area contributed by atoms with Crippen LogP contribution in [0.2, 0.25) is 5.02 Å². The summed E-state index contributed by atoms with van der Waals surface area (Å²) in [6.45, 7) is 0.0804. The van der Waals surface area contributed by atoms with Crippen LogP contribution in [0.15, 0.2) is 18.2 Å². The van der Waals surface area contributed by atoms with Gasteiger partial charge in [-0.05, 0) is 25.0 Å². The number of carboxylic acids is 1. The summed E-state index contributed by atoms with van der Waals surface area (Å²) >= 11 is 5.93. The summed E-state index contributed by atoms with van der Waals surface area (Å²) in [4.78, 5) is 11.0. The second kappa shape index (κ2) is 5.16. The summed E-state index contributed by atoms with van der Waals surface area (Å²) in [5.74, 6) is -0.960. The second-order valence-corrected chi connectivity index (χ2v) is 5.05. The summed E-state index contributed by atoms with van der Waals surface area (Å²) in [7, 11) is 0. The lowest BCUT2D eigenvalue weighted by atomic mass is 10.0.